The molecule has 1 aromatic carbocycles. The summed E-state index contributed by atoms with van der Waals surface area (Å²) in [6.07, 6.45) is 0. The summed E-state index contributed by atoms with van der Waals surface area (Å²) in [7, 11) is 0. The summed E-state index contributed by atoms with van der Waals surface area (Å²) in [5.41, 5.74) is 6.84. The van der Waals surface area contributed by atoms with Crippen LogP contribution in [0.1, 0.15) is 13.8 Å². The molecule has 0 saturated carbocycles. The fourth-order valence-electron chi connectivity index (χ4n) is 1.49. The van der Waals surface area contributed by atoms with Crippen molar-refractivity contribution in [1.29, 1.82) is 0 Å². The standard InChI is InChI=1S/C14H17N3S/c1-10(2)9-18-13-8-12(15)16-14(17-13)11-6-4-3-5-7-11/h3-8,10H,9H2,1-2H3,(H2,15,16,17). The Balaban J connectivity index is 2.27. The molecular formula is C14H17N3S. The van der Waals surface area contributed by atoms with Crippen LogP contribution in [-0.4, -0.2) is 15.7 Å². The zero-order valence-corrected chi connectivity index (χ0v) is 11.4. The second-order valence-electron chi connectivity index (χ2n) is 4.53. The summed E-state index contributed by atoms with van der Waals surface area (Å²) in [6.45, 7) is 4.38. The summed E-state index contributed by atoms with van der Waals surface area (Å²) in [5, 5.41) is 0.940. The molecule has 4 heteroatoms. The lowest BCUT2D eigenvalue weighted by Gasteiger charge is -2.07. The lowest BCUT2D eigenvalue weighted by Crippen LogP contribution is -1.98. The molecule has 0 atom stereocenters. The largest absolute Gasteiger partial charge is 0.384 e. The Labute approximate surface area is 112 Å². The fraction of sp³-hybridized carbons (Fsp3) is 0.286. The van der Waals surface area contributed by atoms with Gasteiger partial charge >= 0.3 is 0 Å². The molecule has 94 valence electrons. The van der Waals surface area contributed by atoms with Crippen LogP contribution in [0, 0.1) is 5.92 Å². The molecule has 2 rings (SSSR count). The number of anilines is 1. The van der Waals surface area contributed by atoms with Gasteiger partial charge in [0.05, 0.1) is 0 Å². The number of aromatic nitrogens is 2. The van der Waals surface area contributed by atoms with E-state index >= 15 is 0 Å². The summed E-state index contributed by atoms with van der Waals surface area (Å²) >= 11 is 1.72. The molecule has 0 unspecified atom stereocenters. The smallest absolute Gasteiger partial charge is 0.162 e. The van der Waals surface area contributed by atoms with Crippen molar-refractivity contribution in [1.82, 2.24) is 9.97 Å². The number of nitrogens with two attached hydrogens (primary N) is 1. The van der Waals surface area contributed by atoms with Crippen LogP contribution in [0.2, 0.25) is 0 Å². The van der Waals surface area contributed by atoms with Gasteiger partial charge in [-0.1, -0.05) is 44.2 Å². The number of hydrogen-bond donors (Lipinski definition) is 1. The Kier molecular flexibility index (Phi) is 4.20. The molecule has 0 aliphatic heterocycles. The minimum Gasteiger partial charge on any atom is -0.384 e. The molecule has 1 heterocycles. The van der Waals surface area contributed by atoms with Gasteiger partial charge in [0.1, 0.15) is 10.8 Å². The van der Waals surface area contributed by atoms with Crippen molar-refractivity contribution in [2.45, 2.75) is 18.9 Å². The van der Waals surface area contributed by atoms with E-state index in [1.807, 2.05) is 36.4 Å². The Morgan fingerprint density at radius 2 is 1.89 bits per heavy atom. The first-order valence-electron chi connectivity index (χ1n) is 5.98. The van der Waals surface area contributed by atoms with E-state index < -0.39 is 0 Å². The average Bonchev–Trinajstić information content (AvgIpc) is 2.37. The third-order valence-electron chi connectivity index (χ3n) is 2.32. The first-order valence-corrected chi connectivity index (χ1v) is 6.96. The zero-order chi connectivity index (χ0) is 13.0. The van der Waals surface area contributed by atoms with Crippen LogP contribution in [0.25, 0.3) is 11.4 Å². The number of benzene rings is 1. The summed E-state index contributed by atoms with van der Waals surface area (Å²) in [6, 6.07) is 11.7. The Morgan fingerprint density at radius 1 is 1.17 bits per heavy atom. The van der Waals surface area contributed by atoms with E-state index in [4.69, 9.17) is 5.73 Å². The molecule has 0 radical (unpaired) electrons. The fourth-order valence-corrected chi connectivity index (χ4v) is 2.34. The van der Waals surface area contributed by atoms with Crippen molar-refractivity contribution in [2.75, 3.05) is 11.5 Å². The van der Waals surface area contributed by atoms with Crippen molar-refractivity contribution in [2.24, 2.45) is 5.92 Å². The highest BCUT2D eigenvalue weighted by atomic mass is 32.2. The van der Waals surface area contributed by atoms with E-state index in [2.05, 4.69) is 23.8 Å². The quantitative estimate of drug-likeness (QED) is 0.674. The normalized spacial score (nSPS) is 10.8. The maximum absolute atomic E-state index is 5.84. The number of thioether (sulfide) groups is 1. The number of hydrogen-bond acceptors (Lipinski definition) is 4. The van der Waals surface area contributed by atoms with E-state index in [9.17, 15) is 0 Å². The highest BCUT2D eigenvalue weighted by Gasteiger charge is 2.06. The van der Waals surface area contributed by atoms with Crippen molar-refractivity contribution in [3.63, 3.8) is 0 Å². The van der Waals surface area contributed by atoms with Crippen molar-refractivity contribution in [3.8, 4) is 11.4 Å². The lowest BCUT2D eigenvalue weighted by molar-refractivity contribution is 0.749. The highest BCUT2D eigenvalue weighted by Crippen LogP contribution is 2.23. The minimum absolute atomic E-state index is 0.523. The maximum atomic E-state index is 5.84. The minimum atomic E-state index is 0.523. The third-order valence-corrected chi connectivity index (χ3v) is 3.66. The van der Waals surface area contributed by atoms with Gasteiger partial charge in [-0.25, -0.2) is 9.97 Å². The van der Waals surface area contributed by atoms with E-state index in [0.29, 0.717) is 17.6 Å². The zero-order valence-electron chi connectivity index (χ0n) is 10.6. The van der Waals surface area contributed by atoms with Gasteiger partial charge in [0.2, 0.25) is 0 Å². The van der Waals surface area contributed by atoms with Crippen LogP contribution in [0.3, 0.4) is 0 Å². The van der Waals surface area contributed by atoms with Gasteiger partial charge in [0.15, 0.2) is 5.82 Å². The molecule has 0 saturated heterocycles. The number of nitrogen functional groups attached to an aromatic ring is 1. The molecule has 0 aliphatic rings. The van der Waals surface area contributed by atoms with Crippen LogP contribution >= 0.6 is 11.8 Å². The van der Waals surface area contributed by atoms with Crippen molar-refractivity contribution in [3.05, 3.63) is 36.4 Å². The van der Waals surface area contributed by atoms with Gasteiger partial charge in [-0.3, -0.25) is 0 Å². The van der Waals surface area contributed by atoms with Gasteiger partial charge in [-0.15, -0.1) is 11.8 Å². The predicted molar refractivity (Wildman–Crippen MR) is 77.4 cm³/mol. The second kappa shape index (κ2) is 5.87. The molecule has 0 spiro atoms. The molecular weight excluding hydrogens is 242 g/mol. The van der Waals surface area contributed by atoms with Gasteiger partial charge in [0.25, 0.3) is 0 Å². The van der Waals surface area contributed by atoms with Crippen LogP contribution in [0.15, 0.2) is 41.4 Å². The SMILES string of the molecule is CC(C)CSc1cc(N)nc(-c2ccccc2)n1. The van der Waals surface area contributed by atoms with Gasteiger partial charge < -0.3 is 5.73 Å². The van der Waals surface area contributed by atoms with Crippen LogP contribution in [-0.2, 0) is 0 Å². The molecule has 0 aliphatic carbocycles. The molecule has 18 heavy (non-hydrogen) atoms. The summed E-state index contributed by atoms with van der Waals surface area (Å²) in [5.74, 6) is 2.88. The van der Waals surface area contributed by atoms with Crippen LogP contribution in [0.5, 0.6) is 0 Å². The predicted octanol–water partition coefficient (Wildman–Crippen LogP) is 3.47. The second-order valence-corrected chi connectivity index (χ2v) is 5.57. The molecule has 2 N–H and O–H groups in total. The van der Waals surface area contributed by atoms with E-state index in [-0.39, 0.29) is 0 Å². The number of rotatable bonds is 4. The Morgan fingerprint density at radius 3 is 2.56 bits per heavy atom. The monoisotopic (exact) mass is 259 g/mol. The Hall–Kier alpha value is -1.55. The molecule has 0 bridgehead atoms. The van der Waals surface area contributed by atoms with Crippen molar-refractivity contribution < 1.29 is 0 Å². The van der Waals surface area contributed by atoms with Crippen LogP contribution in [0.4, 0.5) is 5.82 Å². The summed E-state index contributed by atoms with van der Waals surface area (Å²) < 4.78 is 0. The van der Waals surface area contributed by atoms with Gasteiger partial charge in [-0.05, 0) is 5.92 Å². The third kappa shape index (κ3) is 3.47. The topological polar surface area (TPSA) is 51.8 Å². The average molecular weight is 259 g/mol. The molecule has 0 amide bonds. The first-order chi connectivity index (χ1) is 8.65. The van der Waals surface area contributed by atoms with E-state index in [0.717, 1.165) is 16.3 Å². The molecule has 1 aromatic heterocycles. The van der Waals surface area contributed by atoms with Gasteiger partial charge in [-0.2, -0.15) is 0 Å². The number of nitrogens with zero attached hydrogens (tertiary/aromatic N) is 2. The maximum Gasteiger partial charge on any atom is 0.162 e. The van der Waals surface area contributed by atoms with Gasteiger partial charge in [0, 0.05) is 17.4 Å². The molecule has 3 nitrogen and oxygen atoms in total. The lowest BCUT2D eigenvalue weighted by atomic mass is 10.2. The van der Waals surface area contributed by atoms with E-state index in [1.54, 1.807) is 11.8 Å². The molecule has 0 fully saturated rings. The van der Waals surface area contributed by atoms with Crippen molar-refractivity contribution >= 4 is 17.6 Å². The van der Waals surface area contributed by atoms with E-state index in [1.165, 1.54) is 0 Å². The highest BCUT2D eigenvalue weighted by molar-refractivity contribution is 7.99. The summed E-state index contributed by atoms with van der Waals surface area (Å²) in [4.78, 5) is 8.83. The van der Waals surface area contributed by atoms with Crippen LogP contribution < -0.4 is 5.73 Å². The Bertz CT molecular complexity index is 512. The molecule has 2 aromatic rings. The first kappa shape index (κ1) is 12.9.